The Hall–Kier alpha value is -3.06. The van der Waals surface area contributed by atoms with Gasteiger partial charge in [0.1, 0.15) is 16.3 Å². The highest BCUT2D eigenvalue weighted by Gasteiger charge is 2.16. The maximum Gasteiger partial charge on any atom is 0.295 e. The monoisotopic (exact) mass is 472 g/mol. The van der Waals surface area contributed by atoms with E-state index in [0.29, 0.717) is 26.7 Å². The predicted octanol–water partition coefficient (Wildman–Crippen LogP) is 6.10. The SMILES string of the molecule is Cc1cc(SOOO)cc2ccc(O)c(N=Nc3ccc(S(=O)(=O)O)c4ccccc34)c12. The number of phenols is 1. The van der Waals surface area contributed by atoms with E-state index >= 15 is 0 Å². The van der Waals surface area contributed by atoms with E-state index in [1.807, 2.05) is 6.92 Å². The fraction of sp³-hybridized carbons (Fsp3) is 0.0476. The number of aromatic hydroxyl groups is 1. The summed E-state index contributed by atoms with van der Waals surface area (Å²) in [6.45, 7) is 1.82. The van der Waals surface area contributed by atoms with Gasteiger partial charge in [0, 0.05) is 21.1 Å². The first-order valence-corrected chi connectivity index (χ1v) is 11.3. The largest absolute Gasteiger partial charge is 0.506 e. The van der Waals surface area contributed by atoms with Crippen molar-refractivity contribution in [1.29, 1.82) is 0 Å². The molecular weight excluding hydrogens is 456 g/mol. The van der Waals surface area contributed by atoms with E-state index in [0.717, 1.165) is 23.0 Å². The molecule has 3 N–H and O–H groups in total. The van der Waals surface area contributed by atoms with Gasteiger partial charge >= 0.3 is 0 Å². The molecule has 164 valence electrons. The molecule has 0 atom stereocenters. The number of rotatable bonds is 6. The van der Waals surface area contributed by atoms with Crippen LogP contribution in [-0.4, -0.2) is 23.3 Å². The molecule has 0 aromatic heterocycles. The Labute approximate surface area is 186 Å². The third-order valence-electron chi connectivity index (χ3n) is 4.80. The van der Waals surface area contributed by atoms with Gasteiger partial charge < -0.3 is 5.11 Å². The van der Waals surface area contributed by atoms with Crippen molar-refractivity contribution in [3.63, 3.8) is 0 Å². The molecule has 0 radical (unpaired) electrons. The molecule has 0 aliphatic heterocycles. The van der Waals surface area contributed by atoms with Crippen molar-refractivity contribution >= 4 is 55.1 Å². The van der Waals surface area contributed by atoms with Crippen molar-refractivity contribution in [2.24, 2.45) is 10.2 Å². The molecule has 11 heteroatoms. The minimum Gasteiger partial charge on any atom is -0.506 e. The van der Waals surface area contributed by atoms with Gasteiger partial charge in [0.2, 0.25) is 0 Å². The van der Waals surface area contributed by atoms with Crippen LogP contribution in [0.25, 0.3) is 21.5 Å². The third kappa shape index (κ3) is 4.30. The Kier molecular flexibility index (Phi) is 6.11. The molecule has 4 aromatic carbocycles. The van der Waals surface area contributed by atoms with Gasteiger partial charge in [0.05, 0.1) is 17.7 Å². The molecule has 0 amide bonds. The zero-order chi connectivity index (χ0) is 22.9. The van der Waals surface area contributed by atoms with E-state index in [-0.39, 0.29) is 16.3 Å². The van der Waals surface area contributed by atoms with Gasteiger partial charge in [-0.05, 0) is 48.2 Å². The van der Waals surface area contributed by atoms with Crippen LogP contribution in [0.15, 0.2) is 80.7 Å². The van der Waals surface area contributed by atoms with Crippen LogP contribution in [0.5, 0.6) is 5.75 Å². The Morgan fingerprint density at radius 2 is 1.72 bits per heavy atom. The third-order valence-corrected chi connectivity index (χ3v) is 6.27. The molecule has 32 heavy (non-hydrogen) atoms. The highest BCUT2D eigenvalue weighted by atomic mass is 32.2. The van der Waals surface area contributed by atoms with Gasteiger partial charge in [-0.15, -0.1) is 14.6 Å². The summed E-state index contributed by atoms with van der Waals surface area (Å²) in [7, 11) is -4.41. The molecule has 4 aromatic rings. The number of aryl methyl sites for hydroxylation is 1. The second kappa shape index (κ2) is 8.82. The Morgan fingerprint density at radius 3 is 2.44 bits per heavy atom. The second-order valence-electron chi connectivity index (χ2n) is 6.80. The molecule has 9 nitrogen and oxygen atoms in total. The van der Waals surface area contributed by atoms with E-state index in [9.17, 15) is 18.1 Å². The Morgan fingerprint density at radius 1 is 0.969 bits per heavy atom. The van der Waals surface area contributed by atoms with E-state index in [4.69, 9.17) is 5.26 Å². The average molecular weight is 473 g/mol. The van der Waals surface area contributed by atoms with Crippen LogP contribution in [0.4, 0.5) is 11.4 Å². The molecule has 0 bridgehead atoms. The molecular formula is C21H16N2O7S2. The first-order chi connectivity index (χ1) is 15.3. The van der Waals surface area contributed by atoms with Crippen LogP contribution >= 0.6 is 12.0 Å². The summed E-state index contributed by atoms with van der Waals surface area (Å²) in [5.41, 5.74) is 1.37. The smallest absolute Gasteiger partial charge is 0.295 e. The lowest BCUT2D eigenvalue weighted by Gasteiger charge is -2.10. The molecule has 0 aliphatic rings. The zero-order valence-corrected chi connectivity index (χ0v) is 18.1. The van der Waals surface area contributed by atoms with Crippen LogP contribution in [0.1, 0.15) is 5.56 Å². The van der Waals surface area contributed by atoms with E-state index in [1.54, 1.807) is 42.5 Å². The summed E-state index contributed by atoms with van der Waals surface area (Å²) < 4.78 is 37.4. The maximum absolute atomic E-state index is 11.7. The number of benzene rings is 4. The summed E-state index contributed by atoms with van der Waals surface area (Å²) in [6.07, 6.45) is 0. The zero-order valence-electron chi connectivity index (χ0n) is 16.5. The van der Waals surface area contributed by atoms with E-state index < -0.39 is 10.1 Å². The molecule has 0 fully saturated rings. The summed E-state index contributed by atoms with van der Waals surface area (Å²) in [4.78, 5) is 0.430. The van der Waals surface area contributed by atoms with Crippen molar-refractivity contribution in [3.8, 4) is 5.75 Å². The van der Waals surface area contributed by atoms with E-state index in [2.05, 4.69) is 19.6 Å². The van der Waals surface area contributed by atoms with Gasteiger partial charge in [-0.25, -0.2) is 5.26 Å². The molecule has 0 saturated heterocycles. The molecule has 0 saturated carbocycles. The number of azo groups is 1. The Bertz CT molecular complexity index is 1470. The molecule has 0 spiro atoms. The fourth-order valence-electron chi connectivity index (χ4n) is 3.49. The summed E-state index contributed by atoms with van der Waals surface area (Å²) in [5, 5.41) is 33.1. The normalized spacial score (nSPS) is 12.2. The van der Waals surface area contributed by atoms with Crippen molar-refractivity contribution in [3.05, 3.63) is 66.2 Å². The first kappa shape index (κ1) is 22.1. The van der Waals surface area contributed by atoms with Crippen molar-refractivity contribution in [1.82, 2.24) is 0 Å². The lowest BCUT2D eigenvalue weighted by Crippen LogP contribution is -1.98. The lowest BCUT2D eigenvalue weighted by atomic mass is 10.0. The highest BCUT2D eigenvalue weighted by molar-refractivity contribution is 7.94. The topological polar surface area (TPSA) is 138 Å². The van der Waals surface area contributed by atoms with Crippen LogP contribution in [0.2, 0.25) is 0 Å². The number of nitrogens with zero attached hydrogens (tertiary/aromatic N) is 2. The minimum atomic E-state index is -4.41. The Balaban J connectivity index is 1.84. The number of hydrogen-bond acceptors (Lipinski definition) is 9. The minimum absolute atomic E-state index is 0.0847. The lowest BCUT2D eigenvalue weighted by molar-refractivity contribution is -0.432. The van der Waals surface area contributed by atoms with Crippen LogP contribution < -0.4 is 0 Å². The van der Waals surface area contributed by atoms with E-state index in [1.165, 1.54) is 18.2 Å². The summed E-state index contributed by atoms with van der Waals surface area (Å²) in [5.74, 6) is -0.0847. The maximum atomic E-state index is 11.7. The first-order valence-electron chi connectivity index (χ1n) is 9.11. The molecule has 0 unspecified atom stereocenters. The van der Waals surface area contributed by atoms with Gasteiger partial charge in [-0.3, -0.25) is 4.55 Å². The highest BCUT2D eigenvalue weighted by Crippen LogP contribution is 2.41. The van der Waals surface area contributed by atoms with Crippen LogP contribution in [0, 0.1) is 6.92 Å². The number of hydrogen-bond donors (Lipinski definition) is 3. The van der Waals surface area contributed by atoms with Gasteiger partial charge in [-0.2, -0.15) is 8.42 Å². The summed E-state index contributed by atoms with van der Waals surface area (Å²) in [6, 6.07) is 16.0. The van der Waals surface area contributed by atoms with Crippen LogP contribution in [0.3, 0.4) is 0 Å². The van der Waals surface area contributed by atoms with Gasteiger partial charge in [0.15, 0.2) is 0 Å². The van der Waals surface area contributed by atoms with Gasteiger partial charge in [-0.1, -0.05) is 35.4 Å². The molecule has 0 heterocycles. The number of fused-ring (bicyclic) bond motifs is 2. The van der Waals surface area contributed by atoms with Crippen LogP contribution in [-0.2, 0) is 19.5 Å². The predicted molar refractivity (Wildman–Crippen MR) is 119 cm³/mol. The quantitative estimate of drug-likeness (QED) is 0.101. The van der Waals surface area contributed by atoms with Crippen molar-refractivity contribution < 1.29 is 32.7 Å². The molecule has 0 aliphatic carbocycles. The summed E-state index contributed by atoms with van der Waals surface area (Å²) >= 11 is 0.816. The standard InChI is InChI=1S/C21H16N2O7S2/c1-12-10-14(31-30-29-25)11-13-6-8-18(24)21(20(12)13)23-22-17-7-9-19(32(26,27)28)16-5-3-2-4-15(16)17/h2-11,24-25H,1H3,(H,26,27,28). The van der Waals surface area contributed by atoms with Gasteiger partial charge in [0.25, 0.3) is 10.1 Å². The second-order valence-corrected chi connectivity index (χ2v) is 8.97. The molecule has 4 rings (SSSR count). The van der Waals surface area contributed by atoms with Crippen molar-refractivity contribution in [2.75, 3.05) is 0 Å². The number of phenolic OH excluding ortho intramolecular Hbond substituents is 1. The van der Waals surface area contributed by atoms with Crippen molar-refractivity contribution in [2.45, 2.75) is 16.7 Å². The fourth-order valence-corrected chi connectivity index (χ4v) is 4.69. The average Bonchev–Trinajstić information content (AvgIpc) is 2.76.